The Bertz CT molecular complexity index is 1900. The van der Waals surface area contributed by atoms with Crippen molar-refractivity contribution in [2.24, 2.45) is 23.7 Å². The maximum atomic E-state index is 14.1. The van der Waals surface area contributed by atoms with Crippen molar-refractivity contribution in [3.05, 3.63) is 105 Å². The van der Waals surface area contributed by atoms with Gasteiger partial charge in [-0.05, 0) is 115 Å². The molecule has 0 unspecified atom stereocenters. The van der Waals surface area contributed by atoms with Gasteiger partial charge in [-0.15, -0.1) is 0 Å². The van der Waals surface area contributed by atoms with Crippen molar-refractivity contribution in [2.75, 3.05) is 4.90 Å². The quantitative estimate of drug-likeness (QED) is 0.0835. The largest absolute Gasteiger partial charge is 0.507 e. The van der Waals surface area contributed by atoms with Crippen LogP contribution in [0.1, 0.15) is 66.5 Å². The summed E-state index contributed by atoms with van der Waals surface area (Å²) in [5.74, 6) is -4.57. The summed E-state index contributed by atoms with van der Waals surface area (Å²) in [6.07, 6.45) is -8.19. The van der Waals surface area contributed by atoms with Gasteiger partial charge in [0.25, 0.3) is 0 Å². The molecule has 3 aliphatic rings. The second kappa shape index (κ2) is 13.9. The number of fused-ring (bicyclic) bond motifs is 3. The molecular formula is C39H38BF6NO5. The maximum Gasteiger partial charge on any atom is 0.455 e. The van der Waals surface area contributed by atoms with Crippen LogP contribution in [-0.4, -0.2) is 35.2 Å². The Kier molecular flexibility index (Phi) is 9.99. The molecule has 0 saturated carbocycles. The van der Waals surface area contributed by atoms with E-state index in [1.807, 2.05) is 76.2 Å². The molecule has 0 aromatic heterocycles. The average Bonchev–Trinajstić information content (AvgIpc) is 3.33. The molecular weight excluding hydrogens is 687 g/mol. The van der Waals surface area contributed by atoms with E-state index in [-0.39, 0.29) is 30.5 Å². The van der Waals surface area contributed by atoms with E-state index in [2.05, 4.69) is 0 Å². The second-order valence-corrected chi connectivity index (χ2v) is 14.2. The summed E-state index contributed by atoms with van der Waals surface area (Å²) in [6, 6.07) is 14.1. The van der Waals surface area contributed by atoms with Crippen LogP contribution in [0.4, 0.5) is 32.0 Å². The molecule has 0 radical (unpaired) electrons. The van der Waals surface area contributed by atoms with Crippen molar-refractivity contribution < 1.29 is 50.7 Å². The van der Waals surface area contributed by atoms with Gasteiger partial charge in [-0.1, -0.05) is 55.8 Å². The van der Waals surface area contributed by atoms with Gasteiger partial charge in [-0.25, -0.2) is 4.90 Å². The van der Waals surface area contributed by atoms with Crippen LogP contribution < -0.4 is 4.90 Å². The minimum atomic E-state index is -5.17. The molecule has 2 heterocycles. The highest BCUT2D eigenvalue weighted by Crippen LogP contribution is 2.53. The number of amides is 2. The molecule has 2 aliphatic heterocycles. The van der Waals surface area contributed by atoms with Gasteiger partial charge in [-0.3, -0.25) is 9.59 Å². The van der Waals surface area contributed by atoms with Gasteiger partial charge in [0.05, 0.1) is 34.8 Å². The van der Waals surface area contributed by atoms with Crippen molar-refractivity contribution in [3.8, 4) is 5.75 Å². The number of hydrogen-bond donors (Lipinski definition) is 2. The Balaban J connectivity index is 1.37. The number of alkyl halides is 6. The first kappa shape index (κ1) is 37.4. The molecule has 6 nitrogen and oxygen atoms in total. The molecule has 3 aromatic carbocycles. The Morgan fingerprint density at radius 2 is 1.52 bits per heavy atom. The number of nitrogens with zero attached hydrogens (tertiary/aromatic N) is 1. The monoisotopic (exact) mass is 725 g/mol. The average molecular weight is 726 g/mol. The number of aryl methyl sites for hydroxylation is 2. The highest BCUT2D eigenvalue weighted by molar-refractivity contribution is 6.43. The van der Waals surface area contributed by atoms with E-state index in [0.717, 1.165) is 27.8 Å². The predicted octanol–water partition coefficient (Wildman–Crippen LogP) is 9.03. The summed E-state index contributed by atoms with van der Waals surface area (Å²) in [7, 11) is -1.33. The lowest BCUT2D eigenvalue weighted by molar-refractivity contribution is -0.143. The number of halogens is 6. The number of imide groups is 1. The molecule has 2 amide bonds. The number of carbonyl (C=O) groups is 2. The van der Waals surface area contributed by atoms with Crippen LogP contribution in [0.2, 0.25) is 6.32 Å². The van der Waals surface area contributed by atoms with E-state index >= 15 is 0 Å². The van der Waals surface area contributed by atoms with E-state index in [1.54, 1.807) is 0 Å². The van der Waals surface area contributed by atoms with Gasteiger partial charge < -0.3 is 14.8 Å². The van der Waals surface area contributed by atoms with Gasteiger partial charge in [0, 0.05) is 0 Å². The molecule has 13 heteroatoms. The third kappa shape index (κ3) is 7.17. The zero-order chi connectivity index (χ0) is 37.9. The Morgan fingerprint density at radius 3 is 2.08 bits per heavy atom. The maximum absolute atomic E-state index is 14.1. The van der Waals surface area contributed by atoms with Gasteiger partial charge in [0.15, 0.2) is 0 Å². The first-order valence-corrected chi connectivity index (χ1v) is 17.1. The van der Waals surface area contributed by atoms with E-state index < -0.39 is 72.0 Å². The lowest BCUT2D eigenvalue weighted by Gasteiger charge is -2.44. The second-order valence-electron chi connectivity index (χ2n) is 14.2. The first-order chi connectivity index (χ1) is 24.3. The normalized spacial score (nSPS) is 22.7. The number of hydrogen-bond acceptors (Lipinski definition) is 5. The summed E-state index contributed by atoms with van der Waals surface area (Å²) in [4.78, 5) is 28.5. The zero-order valence-electron chi connectivity index (χ0n) is 29.0. The summed E-state index contributed by atoms with van der Waals surface area (Å²) < 4.78 is 88.7. The number of carbonyl (C=O) groups excluding carboxylic acids is 2. The predicted molar refractivity (Wildman–Crippen MR) is 185 cm³/mol. The summed E-state index contributed by atoms with van der Waals surface area (Å²) in [5, 5.41) is 21.3. The molecule has 6 rings (SSSR count). The topological polar surface area (TPSA) is 87.1 Å². The standard InChI is InChI=1S/C39H38BF6NO5/c1-20(2)29-18-30-34(37(50)47(36(30)49)28-16-26(38(41,42)43)15-27(17-28)39(44,45)46)31-19-40(51)52-32(33(29)31)11-10-25(24-8-6-5-7-9-24)14-23-12-21(3)35(48)22(4)13-23/h5-9,12-17,20,30-32,34,48,51H,10-11,18-19H2,1-4H3/b25-14-/t30-,31+,32-,34-/m1/s1. The van der Waals surface area contributed by atoms with Crippen molar-refractivity contribution in [1.29, 1.82) is 0 Å². The Labute approximate surface area is 297 Å². The lowest BCUT2D eigenvalue weighted by Crippen LogP contribution is -2.46. The number of aromatic hydroxyl groups is 1. The van der Waals surface area contributed by atoms with E-state index in [9.17, 15) is 46.1 Å². The van der Waals surface area contributed by atoms with Crippen LogP contribution in [0, 0.1) is 37.5 Å². The number of benzene rings is 3. The molecule has 0 bridgehead atoms. The van der Waals surface area contributed by atoms with Crippen LogP contribution >= 0.6 is 0 Å². The fraction of sp³-hybridized carbons (Fsp3) is 0.385. The third-order valence-corrected chi connectivity index (χ3v) is 10.4. The van der Waals surface area contributed by atoms with Crippen molar-refractivity contribution in [3.63, 3.8) is 0 Å². The molecule has 2 fully saturated rings. The SMILES string of the molecule is Cc1cc(/C=C(/CC[C@H]2OB(O)C[C@H]3C2=C(C(C)C)C[C@H]2C(=O)N(c4cc(C(F)(F)F)cc(C(F)(F)F)c4)C(=O)[C@H]23)c2ccccc2)cc(C)c1O. The fourth-order valence-electron chi connectivity index (χ4n) is 8.08. The number of anilines is 1. The minimum absolute atomic E-state index is 0.0420. The molecule has 3 aromatic rings. The van der Waals surface area contributed by atoms with Crippen LogP contribution in [0.25, 0.3) is 11.6 Å². The third-order valence-electron chi connectivity index (χ3n) is 10.4. The van der Waals surface area contributed by atoms with Gasteiger partial charge in [0.2, 0.25) is 11.8 Å². The first-order valence-electron chi connectivity index (χ1n) is 17.1. The highest BCUT2D eigenvalue weighted by atomic mass is 19.4. The Hall–Kier alpha value is -4.36. The molecule has 52 heavy (non-hydrogen) atoms. The molecule has 0 spiro atoms. The number of rotatable bonds is 7. The molecule has 1 aliphatic carbocycles. The summed E-state index contributed by atoms with van der Waals surface area (Å²) >= 11 is 0. The molecule has 2 saturated heterocycles. The van der Waals surface area contributed by atoms with Crippen molar-refractivity contribution in [2.45, 2.75) is 71.7 Å². The van der Waals surface area contributed by atoms with Crippen LogP contribution in [-0.2, 0) is 26.6 Å². The molecule has 4 atom stereocenters. The van der Waals surface area contributed by atoms with E-state index in [0.29, 0.717) is 41.0 Å². The zero-order valence-corrected chi connectivity index (χ0v) is 29.0. The van der Waals surface area contributed by atoms with Crippen LogP contribution in [0.5, 0.6) is 5.75 Å². The minimum Gasteiger partial charge on any atom is -0.507 e. The van der Waals surface area contributed by atoms with Crippen LogP contribution in [0.3, 0.4) is 0 Å². The molecule has 2 N–H and O–H groups in total. The number of phenolic OH excluding ortho intramolecular Hbond substituents is 1. The fourth-order valence-corrected chi connectivity index (χ4v) is 8.08. The number of phenols is 1. The van der Waals surface area contributed by atoms with Gasteiger partial charge >= 0.3 is 19.5 Å². The number of allylic oxidation sites excluding steroid dienone is 2. The van der Waals surface area contributed by atoms with Crippen molar-refractivity contribution in [1.82, 2.24) is 0 Å². The van der Waals surface area contributed by atoms with Gasteiger partial charge in [0.1, 0.15) is 5.75 Å². The van der Waals surface area contributed by atoms with E-state index in [4.69, 9.17) is 4.65 Å². The van der Waals surface area contributed by atoms with E-state index in [1.165, 1.54) is 0 Å². The van der Waals surface area contributed by atoms with Gasteiger partial charge in [-0.2, -0.15) is 26.3 Å². The lowest BCUT2D eigenvalue weighted by atomic mass is 9.57. The smallest absolute Gasteiger partial charge is 0.455 e. The summed E-state index contributed by atoms with van der Waals surface area (Å²) in [5.41, 5.74) is 1.69. The van der Waals surface area contributed by atoms with Crippen LogP contribution in [0.15, 0.2) is 71.8 Å². The highest BCUT2D eigenvalue weighted by Gasteiger charge is 2.58. The van der Waals surface area contributed by atoms with Crippen molar-refractivity contribution >= 4 is 36.3 Å². The molecule has 274 valence electrons. The summed E-state index contributed by atoms with van der Waals surface area (Å²) in [6.45, 7) is 7.45. The Morgan fingerprint density at radius 1 is 0.923 bits per heavy atom.